The Kier molecular flexibility index (Phi) is 7.00. The maximum absolute atomic E-state index is 12.1. The van der Waals surface area contributed by atoms with E-state index in [0.717, 1.165) is 32.1 Å². The van der Waals surface area contributed by atoms with E-state index in [0.29, 0.717) is 11.9 Å². The summed E-state index contributed by atoms with van der Waals surface area (Å²) in [6.07, 6.45) is 5.09. The first-order valence-corrected chi connectivity index (χ1v) is 6.08. The first-order valence-electron chi connectivity index (χ1n) is 6.08. The van der Waals surface area contributed by atoms with Gasteiger partial charge in [-0.2, -0.15) is 0 Å². The molecule has 2 N–H and O–H groups in total. The van der Waals surface area contributed by atoms with Gasteiger partial charge in [-0.3, -0.25) is 4.79 Å². The normalized spacial score (nSPS) is 26.8. The highest BCUT2D eigenvalue weighted by Crippen LogP contribution is 2.25. The molecule has 16 heavy (non-hydrogen) atoms. The van der Waals surface area contributed by atoms with Crippen molar-refractivity contribution in [1.82, 2.24) is 4.90 Å². The van der Waals surface area contributed by atoms with Crippen LogP contribution in [0, 0.1) is 5.92 Å². The molecule has 3 atom stereocenters. The van der Waals surface area contributed by atoms with Crippen LogP contribution in [0.15, 0.2) is 0 Å². The van der Waals surface area contributed by atoms with Crippen LogP contribution in [0.1, 0.15) is 46.0 Å². The SMILES string of the molecule is CCC(C)N(C)C(=O)C1CCCC(N)C1.Cl. The van der Waals surface area contributed by atoms with E-state index in [2.05, 4.69) is 13.8 Å². The van der Waals surface area contributed by atoms with Crippen LogP contribution >= 0.6 is 12.4 Å². The molecular formula is C12H25ClN2O. The summed E-state index contributed by atoms with van der Waals surface area (Å²) >= 11 is 0. The number of hydrogen-bond acceptors (Lipinski definition) is 2. The van der Waals surface area contributed by atoms with Crippen molar-refractivity contribution in [3.63, 3.8) is 0 Å². The lowest BCUT2D eigenvalue weighted by atomic mass is 9.85. The molecule has 3 nitrogen and oxygen atoms in total. The second kappa shape index (κ2) is 7.13. The molecule has 0 aliphatic heterocycles. The zero-order valence-electron chi connectivity index (χ0n) is 10.6. The Labute approximate surface area is 105 Å². The summed E-state index contributed by atoms with van der Waals surface area (Å²) in [6.45, 7) is 4.21. The van der Waals surface area contributed by atoms with Crippen molar-refractivity contribution < 1.29 is 4.79 Å². The van der Waals surface area contributed by atoms with Gasteiger partial charge in [-0.05, 0) is 32.6 Å². The van der Waals surface area contributed by atoms with Gasteiger partial charge in [0.2, 0.25) is 5.91 Å². The van der Waals surface area contributed by atoms with E-state index >= 15 is 0 Å². The Hall–Kier alpha value is -0.280. The molecule has 0 saturated heterocycles. The van der Waals surface area contributed by atoms with Crippen molar-refractivity contribution in [3.8, 4) is 0 Å². The van der Waals surface area contributed by atoms with E-state index in [1.54, 1.807) is 0 Å². The fraction of sp³-hybridized carbons (Fsp3) is 0.917. The highest BCUT2D eigenvalue weighted by Gasteiger charge is 2.28. The Bertz CT molecular complexity index is 223. The Morgan fingerprint density at radius 3 is 2.62 bits per heavy atom. The van der Waals surface area contributed by atoms with Gasteiger partial charge in [-0.15, -0.1) is 12.4 Å². The summed E-state index contributed by atoms with van der Waals surface area (Å²) in [5.74, 6) is 0.465. The summed E-state index contributed by atoms with van der Waals surface area (Å²) in [4.78, 5) is 14.0. The van der Waals surface area contributed by atoms with Gasteiger partial charge in [0.15, 0.2) is 0 Å². The molecular weight excluding hydrogens is 224 g/mol. The van der Waals surface area contributed by atoms with Crippen LogP contribution in [0.2, 0.25) is 0 Å². The molecule has 1 amide bonds. The second-order valence-electron chi connectivity index (χ2n) is 4.83. The monoisotopic (exact) mass is 248 g/mol. The molecule has 1 rings (SSSR count). The zero-order valence-corrected chi connectivity index (χ0v) is 11.4. The molecule has 0 aromatic rings. The maximum Gasteiger partial charge on any atom is 0.225 e. The van der Waals surface area contributed by atoms with E-state index < -0.39 is 0 Å². The lowest BCUT2D eigenvalue weighted by molar-refractivity contribution is -0.137. The van der Waals surface area contributed by atoms with Crippen molar-refractivity contribution in [2.45, 2.75) is 58.0 Å². The number of rotatable bonds is 3. The number of nitrogens with zero attached hydrogens (tertiary/aromatic N) is 1. The van der Waals surface area contributed by atoms with Gasteiger partial charge in [0.05, 0.1) is 0 Å². The van der Waals surface area contributed by atoms with Crippen LogP contribution in [0.5, 0.6) is 0 Å². The second-order valence-corrected chi connectivity index (χ2v) is 4.83. The summed E-state index contributed by atoms with van der Waals surface area (Å²) < 4.78 is 0. The molecule has 1 fully saturated rings. The molecule has 0 bridgehead atoms. The van der Waals surface area contributed by atoms with Gasteiger partial charge in [0, 0.05) is 25.0 Å². The molecule has 1 saturated carbocycles. The number of carbonyl (C=O) groups is 1. The summed E-state index contributed by atoms with van der Waals surface area (Å²) in [5.41, 5.74) is 5.90. The van der Waals surface area contributed by atoms with Crippen molar-refractivity contribution in [2.75, 3.05) is 7.05 Å². The van der Waals surface area contributed by atoms with Gasteiger partial charge < -0.3 is 10.6 Å². The van der Waals surface area contributed by atoms with Crippen LogP contribution < -0.4 is 5.73 Å². The first kappa shape index (κ1) is 15.7. The van der Waals surface area contributed by atoms with E-state index in [1.165, 1.54) is 0 Å². The van der Waals surface area contributed by atoms with Gasteiger partial charge in [-0.25, -0.2) is 0 Å². The average Bonchev–Trinajstić information content (AvgIpc) is 2.26. The smallest absolute Gasteiger partial charge is 0.225 e. The highest BCUT2D eigenvalue weighted by molar-refractivity contribution is 5.85. The predicted octanol–water partition coefficient (Wildman–Crippen LogP) is 2.18. The zero-order chi connectivity index (χ0) is 11.4. The van der Waals surface area contributed by atoms with Crippen LogP contribution in [-0.2, 0) is 4.79 Å². The molecule has 1 aliphatic carbocycles. The van der Waals surface area contributed by atoms with E-state index in [9.17, 15) is 4.79 Å². The van der Waals surface area contributed by atoms with Crippen LogP contribution in [0.25, 0.3) is 0 Å². The number of hydrogen-bond donors (Lipinski definition) is 1. The lowest BCUT2D eigenvalue weighted by Crippen LogP contribution is -2.42. The van der Waals surface area contributed by atoms with Crippen LogP contribution in [-0.4, -0.2) is 29.9 Å². The quantitative estimate of drug-likeness (QED) is 0.832. The summed E-state index contributed by atoms with van der Waals surface area (Å²) in [5, 5.41) is 0. The van der Waals surface area contributed by atoms with Gasteiger partial charge in [0.25, 0.3) is 0 Å². The molecule has 4 heteroatoms. The molecule has 0 spiro atoms. The third-order valence-electron chi connectivity index (χ3n) is 3.66. The molecule has 0 aromatic heterocycles. The van der Waals surface area contributed by atoms with E-state index in [4.69, 9.17) is 5.73 Å². The third kappa shape index (κ3) is 3.95. The Morgan fingerprint density at radius 2 is 2.12 bits per heavy atom. The number of nitrogens with two attached hydrogens (primary N) is 1. The van der Waals surface area contributed by atoms with Crippen molar-refractivity contribution in [3.05, 3.63) is 0 Å². The molecule has 0 radical (unpaired) electrons. The molecule has 0 heterocycles. The van der Waals surface area contributed by atoms with Crippen LogP contribution in [0.4, 0.5) is 0 Å². The van der Waals surface area contributed by atoms with Gasteiger partial charge in [-0.1, -0.05) is 13.3 Å². The van der Waals surface area contributed by atoms with E-state index in [1.807, 2.05) is 11.9 Å². The number of amides is 1. The minimum atomic E-state index is 0. The summed E-state index contributed by atoms with van der Waals surface area (Å²) in [6, 6.07) is 0.577. The topological polar surface area (TPSA) is 46.3 Å². The van der Waals surface area contributed by atoms with Crippen molar-refractivity contribution >= 4 is 18.3 Å². The highest BCUT2D eigenvalue weighted by atomic mass is 35.5. The fourth-order valence-corrected chi connectivity index (χ4v) is 2.23. The predicted molar refractivity (Wildman–Crippen MR) is 69.7 cm³/mol. The Morgan fingerprint density at radius 1 is 1.50 bits per heavy atom. The minimum absolute atomic E-state index is 0. The Balaban J connectivity index is 0.00000225. The fourth-order valence-electron chi connectivity index (χ4n) is 2.23. The number of halogens is 1. The summed E-state index contributed by atoms with van der Waals surface area (Å²) in [7, 11) is 1.91. The van der Waals surface area contributed by atoms with Crippen molar-refractivity contribution in [1.29, 1.82) is 0 Å². The third-order valence-corrected chi connectivity index (χ3v) is 3.66. The lowest BCUT2D eigenvalue weighted by Gasteiger charge is -2.32. The average molecular weight is 249 g/mol. The molecule has 1 aliphatic rings. The molecule has 96 valence electrons. The largest absolute Gasteiger partial charge is 0.343 e. The first-order chi connectivity index (χ1) is 7.06. The van der Waals surface area contributed by atoms with Crippen molar-refractivity contribution in [2.24, 2.45) is 11.7 Å². The van der Waals surface area contributed by atoms with Gasteiger partial charge >= 0.3 is 0 Å². The maximum atomic E-state index is 12.1. The van der Waals surface area contributed by atoms with Crippen LogP contribution in [0.3, 0.4) is 0 Å². The standard InChI is InChI=1S/C12H24N2O.ClH/c1-4-9(2)14(3)12(15)10-6-5-7-11(13)8-10;/h9-11H,4-8,13H2,1-3H3;1H. The van der Waals surface area contributed by atoms with Gasteiger partial charge in [0.1, 0.15) is 0 Å². The van der Waals surface area contributed by atoms with E-state index in [-0.39, 0.29) is 24.4 Å². The molecule has 0 aromatic carbocycles. The minimum Gasteiger partial charge on any atom is -0.343 e. The number of carbonyl (C=O) groups excluding carboxylic acids is 1. The molecule has 3 unspecified atom stereocenters.